The molecule has 0 aliphatic heterocycles. The van der Waals surface area contributed by atoms with Gasteiger partial charge in [-0.3, -0.25) is 10.1 Å². The average molecular weight is 449 g/mol. The van der Waals surface area contributed by atoms with Gasteiger partial charge in [0.1, 0.15) is 17.5 Å². The summed E-state index contributed by atoms with van der Waals surface area (Å²) >= 11 is 0. The van der Waals surface area contributed by atoms with Gasteiger partial charge >= 0.3 is 12.0 Å². The van der Waals surface area contributed by atoms with Gasteiger partial charge in [-0.05, 0) is 35.4 Å². The predicted molar refractivity (Wildman–Crippen MR) is 121 cm³/mol. The van der Waals surface area contributed by atoms with Crippen LogP contribution in [0.15, 0.2) is 78.9 Å². The Morgan fingerprint density at radius 2 is 1.64 bits per heavy atom. The predicted octanol–water partition coefficient (Wildman–Crippen LogP) is 3.97. The number of carbonyl (C=O) groups excluding carboxylic acids is 2. The molecule has 0 aliphatic rings. The fourth-order valence-electron chi connectivity index (χ4n) is 3.06. The fraction of sp³-hybridized carbons (Fsp3) is 0.167. The summed E-state index contributed by atoms with van der Waals surface area (Å²) in [5.41, 5.74) is 1.39. The topological polar surface area (TPSA) is 120 Å². The van der Waals surface area contributed by atoms with Gasteiger partial charge in [0.05, 0.1) is 12.0 Å². The number of hydrogen-bond acceptors (Lipinski definition) is 6. The van der Waals surface area contributed by atoms with Gasteiger partial charge < -0.3 is 20.1 Å². The minimum absolute atomic E-state index is 0.0578. The van der Waals surface area contributed by atoms with Crippen molar-refractivity contribution in [2.24, 2.45) is 0 Å². The highest BCUT2D eigenvalue weighted by Gasteiger charge is 2.22. The zero-order valence-electron chi connectivity index (χ0n) is 17.9. The molecule has 3 aromatic carbocycles. The highest BCUT2D eigenvalue weighted by atomic mass is 16.6. The van der Waals surface area contributed by atoms with E-state index in [1.165, 1.54) is 31.4 Å². The van der Waals surface area contributed by atoms with Gasteiger partial charge in [0.2, 0.25) is 0 Å². The highest BCUT2D eigenvalue weighted by molar-refractivity contribution is 5.83. The van der Waals surface area contributed by atoms with Gasteiger partial charge in [0.25, 0.3) is 5.69 Å². The van der Waals surface area contributed by atoms with Gasteiger partial charge in [-0.25, -0.2) is 9.59 Å². The first kappa shape index (κ1) is 23.3. The summed E-state index contributed by atoms with van der Waals surface area (Å²) < 4.78 is 10.6. The number of benzene rings is 3. The molecular weight excluding hydrogens is 426 g/mol. The minimum atomic E-state index is -0.954. The summed E-state index contributed by atoms with van der Waals surface area (Å²) in [7, 11) is 1.23. The minimum Gasteiger partial charge on any atom is -0.467 e. The number of ether oxygens (including phenoxy) is 2. The van der Waals surface area contributed by atoms with Gasteiger partial charge in [-0.15, -0.1) is 0 Å². The second-order valence-electron chi connectivity index (χ2n) is 7.09. The molecule has 0 aliphatic carbocycles. The van der Waals surface area contributed by atoms with E-state index in [2.05, 4.69) is 10.6 Å². The van der Waals surface area contributed by atoms with Crippen LogP contribution in [0.1, 0.15) is 11.1 Å². The Balaban J connectivity index is 1.57. The number of urea groups is 1. The lowest BCUT2D eigenvalue weighted by Crippen LogP contribution is -2.47. The molecule has 0 fully saturated rings. The molecule has 1 atom stereocenters. The molecule has 0 aromatic heterocycles. The quantitative estimate of drug-likeness (QED) is 0.290. The van der Waals surface area contributed by atoms with Crippen LogP contribution in [0.25, 0.3) is 0 Å². The van der Waals surface area contributed by atoms with Crippen molar-refractivity contribution in [2.45, 2.75) is 19.0 Å². The number of esters is 1. The molecule has 33 heavy (non-hydrogen) atoms. The molecule has 0 radical (unpaired) electrons. The summed E-state index contributed by atoms with van der Waals surface area (Å²) in [4.78, 5) is 34.8. The summed E-state index contributed by atoms with van der Waals surface area (Å²) in [5, 5.41) is 16.1. The maximum absolute atomic E-state index is 12.4. The zero-order chi connectivity index (χ0) is 23.6. The molecule has 9 nitrogen and oxygen atoms in total. The molecule has 9 heteroatoms. The Kier molecular flexibility index (Phi) is 7.96. The van der Waals surface area contributed by atoms with Crippen LogP contribution >= 0.6 is 0 Å². The van der Waals surface area contributed by atoms with E-state index in [0.29, 0.717) is 17.1 Å². The molecular formula is C24H23N3O6. The van der Waals surface area contributed by atoms with Crippen molar-refractivity contribution >= 4 is 17.7 Å². The molecule has 0 saturated carbocycles. The second kappa shape index (κ2) is 11.3. The zero-order valence-corrected chi connectivity index (χ0v) is 17.9. The second-order valence-corrected chi connectivity index (χ2v) is 7.09. The number of para-hydroxylation sites is 1. The largest absolute Gasteiger partial charge is 0.467 e. The summed E-state index contributed by atoms with van der Waals surface area (Å²) in [6, 6.07) is 20.9. The number of amides is 2. The maximum Gasteiger partial charge on any atom is 0.328 e. The summed E-state index contributed by atoms with van der Waals surface area (Å²) in [6.45, 7) is 0.212. The van der Waals surface area contributed by atoms with E-state index in [1.54, 1.807) is 0 Å². The van der Waals surface area contributed by atoms with Crippen molar-refractivity contribution in [2.75, 3.05) is 7.11 Å². The van der Waals surface area contributed by atoms with E-state index in [0.717, 1.165) is 5.56 Å². The van der Waals surface area contributed by atoms with Crippen LogP contribution in [-0.2, 0) is 22.5 Å². The number of non-ortho nitro benzene ring substituents is 1. The standard InChI is InChI=1S/C24H23N3O6/c1-32-23(28)22(15-17-10-12-19(13-11-17)27(30)31)26-24(29)25-16-18-6-5-9-21(14-18)33-20-7-3-2-4-8-20/h2-14,22H,15-16H2,1H3,(H2,25,26,29). The molecule has 0 bridgehead atoms. The molecule has 2 N–H and O–H groups in total. The number of nitrogens with one attached hydrogen (secondary N) is 2. The van der Waals surface area contributed by atoms with Gasteiger partial charge in [-0.1, -0.05) is 42.5 Å². The average Bonchev–Trinajstić information content (AvgIpc) is 2.83. The Morgan fingerprint density at radius 3 is 2.30 bits per heavy atom. The number of nitro benzene ring substituents is 1. The maximum atomic E-state index is 12.4. The van der Waals surface area contributed by atoms with Crippen LogP contribution in [0.3, 0.4) is 0 Å². The Morgan fingerprint density at radius 1 is 0.939 bits per heavy atom. The van der Waals surface area contributed by atoms with E-state index in [9.17, 15) is 19.7 Å². The van der Waals surface area contributed by atoms with E-state index in [-0.39, 0.29) is 18.7 Å². The van der Waals surface area contributed by atoms with Crippen LogP contribution in [0.5, 0.6) is 11.5 Å². The molecule has 0 heterocycles. The third-order valence-corrected chi connectivity index (χ3v) is 4.71. The van der Waals surface area contributed by atoms with Crippen molar-refractivity contribution in [3.05, 3.63) is 100 Å². The number of rotatable bonds is 9. The van der Waals surface area contributed by atoms with E-state index < -0.39 is 23.0 Å². The van der Waals surface area contributed by atoms with Crippen molar-refractivity contribution in [3.63, 3.8) is 0 Å². The highest BCUT2D eigenvalue weighted by Crippen LogP contribution is 2.21. The van der Waals surface area contributed by atoms with E-state index in [1.807, 2.05) is 54.6 Å². The molecule has 170 valence electrons. The monoisotopic (exact) mass is 449 g/mol. The molecule has 3 aromatic rings. The summed E-state index contributed by atoms with van der Waals surface area (Å²) in [5.74, 6) is 0.709. The molecule has 3 rings (SSSR count). The van der Waals surface area contributed by atoms with E-state index >= 15 is 0 Å². The number of carbonyl (C=O) groups is 2. The number of nitro groups is 1. The number of methoxy groups -OCH3 is 1. The first-order valence-corrected chi connectivity index (χ1v) is 10.1. The van der Waals surface area contributed by atoms with Crippen molar-refractivity contribution in [1.29, 1.82) is 0 Å². The fourth-order valence-corrected chi connectivity index (χ4v) is 3.06. The van der Waals surface area contributed by atoms with Crippen molar-refractivity contribution in [3.8, 4) is 11.5 Å². The van der Waals surface area contributed by atoms with Gasteiger partial charge in [0.15, 0.2) is 0 Å². The lowest BCUT2D eigenvalue weighted by molar-refractivity contribution is -0.384. The van der Waals surface area contributed by atoms with E-state index in [4.69, 9.17) is 9.47 Å². The van der Waals surface area contributed by atoms with Crippen LogP contribution in [0.4, 0.5) is 10.5 Å². The van der Waals surface area contributed by atoms with Gasteiger partial charge in [-0.2, -0.15) is 0 Å². The number of hydrogen-bond donors (Lipinski definition) is 2. The first-order chi connectivity index (χ1) is 15.9. The van der Waals surface area contributed by atoms with Crippen LogP contribution in [0, 0.1) is 10.1 Å². The third kappa shape index (κ3) is 7.06. The Hall–Kier alpha value is -4.40. The lowest BCUT2D eigenvalue weighted by atomic mass is 10.1. The van der Waals surface area contributed by atoms with Crippen LogP contribution in [-0.4, -0.2) is 30.1 Å². The Bertz CT molecular complexity index is 1100. The molecule has 2 amide bonds. The molecule has 1 unspecified atom stereocenters. The van der Waals surface area contributed by atoms with Crippen LogP contribution < -0.4 is 15.4 Å². The lowest BCUT2D eigenvalue weighted by Gasteiger charge is -2.17. The SMILES string of the molecule is COC(=O)C(Cc1ccc([N+](=O)[O-])cc1)NC(=O)NCc1cccc(Oc2ccccc2)c1. The number of nitrogens with zero attached hydrogens (tertiary/aromatic N) is 1. The molecule has 0 saturated heterocycles. The Labute approximate surface area is 190 Å². The van der Waals surface area contributed by atoms with Crippen molar-refractivity contribution < 1.29 is 24.0 Å². The third-order valence-electron chi connectivity index (χ3n) is 4.71. The smallest absolute Gasteiger partial charge is 0.328 e. The normalized spacial score (nSPS) is 11.2. The van der Waals surface area contributed by atoms with Crippen molar-refractivity contribution in [1.82, 2.24) is 10.6 Å². The molecule has 0 spiro atoms. The van der Waals surface area contributed by atoms with Crippen LogP contribution in [0.2, 0.25) is 0 Å². The first-order valence-electron chi connectivity index (χ1n) is 10.1. The summed E-state index contributed by atoms with van der Waals surface area (Å²) in [6.07, 6.45) is 0.124. The van der Waals surface area contributed by atoms with Gasteiger partial charge in [0, 0.05) is 25.1 Å².